The number of rotatable bonds is 5. The number of hydrogen-bond acceptors (Lipinski definition) is 4. The Morgan fingerprint density at radius 2 is 1.54 bits per heavy atom. The summed E-state index contributed by atoms with van der Waals surface area (Å²) in [6.07, 6.45) is 3.46. The van der Waals surface area contributed by atoms with Crippen LogP contribution in [0.15, 0.2) is 0 Å². The minimum Gasteiger partial charge on any atom is -0.376 e. The van der Waals surface area contributed by atoms with Crippen molar-refractivity contribution in [2.45, 2.75) is 73.1 Å². The van der Waals surface area contributed by atoms with Crippen molar-refractivity contribution in [2.75, 3.05) is 39.5 Å². The van der Waals surface area contributed by atoms with Gasteiger partial charge < -0.3 is 14.2 Å². The Kier molecular flexibility index (Phi) is 7.12. The van der Waals surface area contributed by atoms with Crippen LogP contribution in [0.2, 0.25) is 0 Å². The second kappa shape index (κ2) is 8.48. The van der Waals surface area contributed by atoms with Crippen molar-refractivity contribution >= 4 is 0 Å². The molecule has 0 bridgehead atoms. The molecule has 24 heavy (non-hydrogen) atoms. The standard InChI is InChI=1S/C20H39NO3/c1-19(2,3)9-12-22-15-18-23-13-17(14-24-18)21-10-7-16(8-11-21)20(4,5)6/h16-18H,7-15H2,1-6H3. The predicted octanol–water partition coefficient (Wildman–Crippen LogP) is 3.94. The molecule has 0 spiro atoms. The van der Waals surface area contributed by atoms with Gasteiger partial charge in [0.1, 0.15) is 0 Å². The smallest absolute Gasteiger partial charge is 0.180 e. The van der Waals surface area contributed by atoms with Crippen LogP contribution >= 0.6 is 0 Å². The minimum atomic E-state index is -0.187. The summed E-state index contributed by atoms with van der Waals surface area (Å²) in [6.45, 7) is 19.0. The van der Waals surface area contributed by atoms with Gasteiger partial charge in [0.05, 0.1) is 25.9 Å². The van der Waals surface area contributed by atoms with Crippen molar-refractivity contribution in [3.63, 3.8) is 0 Å². The number of piperidine rings is 1. The fourth-order valence-electron chi connectivity index (χ4n) is 3.53. The molecule has 4 heteroatoms. The second-order valence-corrected chi connectivity index (χ2v) is 9.81. The fraction of sp³-hybridized carbons (Fsp3) is 1.00. The molecule has 2 saturated heterocycles. The number of likely N-dealkylation sites (tertiary alicyclic amines) is 1. The SMILES string of the molecule is CC(C)(C)CCOCC1OCC(N2CCC(C(C)(C)C)CC2)CO1. The van der Waals surface area contributed by atoms with E-state index in [2.05, 4.69) is 46.4 Å². The number of nitrogens with zero attached hydrogens (tertiary/aromatic N) is 1. The zero-order valence-electron chi connectivity index (χ0n) is 16.8. The molecule has 142 valence electrons. The highest BCUT2D eigenvalue weighted by atomic mass is 16.7. The van der Waals surface area contributed by atoms with Gasteiger partial charge in [-0.25, -0.2) is 0 Å². The van der Waals surface area contributed by atoms with Crippen LogP contribution in [0.4, 0.5) is 0 Å². The molecule has 0 amide bonds. The molecule has 0 aliphatic carbocycles. The molecule has 0 atom stereocenters. The lowest BCUT2D eigenvalue weighted by molar-refractivity contribution is -0.226. The van der Waals surface area contributed by atoms with Crippen LogP contribution in [-0.2, 0) is 14.2 Å². The molecule has 0 N–H and O–H groups in total. The molecular weight excluding hydrogens is 302 g/mol. The van der Waals surface area contributed by atoms with Crippen LogP contribution in [0.3, 0.4) is 0 Å². The third kappa shape index (κ3) is 6.62. The molecule has 0 saturated carbocycles. The third-order valence-corrected chi connectivity index (χ3v) is 5.47. The van der Waals surface area contributed by atoms with E-state index < -0.39 is 0 Å². The second-order valence-electron chi connectivity index (χ2n) is 9.81. The van der Waals surface area contributed by atoms with Gasteiger partial charge in [0.15, 0.2) is 6.29 Å². The van der Waals surface area contributed by atoms with E-state index in [0.29, 0.717) is 23.5 Å². The largest absolute Gasteiger partial charge is 0.376 e. The van der Waals surface area contributed by atoms with Gasteiger partial charge in [-0.05, 0) is 49.1 Å². The van der Waals surface area contributed by atoms with E-state index in [-0.39, 0.29) is 6.29 Å². The van der Waals surface area contributed by atoms with E-state index >= 15 is 0 Å². The summed E-state index contributed by atoms with van der Waals surface area (Å²) < 4.78 is 17.5. The zero-order valence-corrected chi connectivity index (χ0v) is 16.8. The summed E-state index contributed by atoms with van der Waals surface area (Å²) in [5, 5.41) is 0. The topological polar surface area (TPSA) is 30.9 Å². The maximum absolute atomic E-state index is 5.88. The Hall–Kier alpha value is -0.160. The van der Waals surface area contributed by atoms with E-state index in [1.165, 1.54) is 25.9 Å². The first-order chi connectivity index (χ1) is 11.1. The van der Waals surface area contributed by atoms with Crippen LogP contribution in [-0.4, -0.2) is 56.7 Å². The van der Waals surface area contributed by atoms with Gasteiger partial charge in [0.2, 0.25) is 0 Å². The Morgan fingerprint density at radius 1 is 0.958 bits per heavy atom. The van der Waals surface area contributed by atoms with Crippen molar-refractivity contribution in [3.05, 3.63) is 0 Å². The maximum atomic E-state index is 5.88. The van der Waals surface area contributed by atoms with Crippen molar-refractivity contribution < 1.29 is 14.2 Å². The summed E-state index contributed by atoms with van der Waals surface area (Å²) >= 11 is 0. The first-order valence-corrected chi connectivity index (χ1v) is 9.70. The molecule has 0 aromatic rings. The highest BCUT2D eigenvalue weighted by Crippen LogP contribution is 2.35. The molecule has 2 fully saturated rings. The van der Waals surface area contributed by atoms with Gasteiger partial charge in [0, 0.05) is 6.61 Å². The van der Waals surface area contributed by atoms with Crippen molar-refractivity contribution in [1.82, 2.24) is 4.90 Å². The van der Waals surface area contributed by atoms with Gasteiger partial charge in [-0.3, -0.25) is 4.90 Å². The summed E-state index contributed by atoms with van der Waals surface area (Å²) in [4.78, 5) is 2.55. The van der Waals surface area contributed by atoms with E-state index in [1.807, 2.05) is 0 Å². The zero-order chi connectivity index (χ0) is 17.8. The highest BCUT2D eigenvalue weighted by molar-refractivity contribution is 4.84. The third-order valence-electron chi connectivity index (χ3n) is 5.47. The van der Waals surface area contributed by atoms with Crippen LogP contribution in [0.5, 0.6) is 0 Å². The van der Waals surface area contributed by atoms with Gasteiger partial charge in [-0.1, -0.05) is 41.5 Å². The molecule has 0 aromatic heterocycles. The van der Waals surface area contributed by atoms with E-state index in [4.69, 9.17) is 14.2 Å². The average molecular weight is 342 g/mol. The van der Waals surface area contributed by atoms with E-state index in [9.17, 15) is 0 Å². The van der Waals surface area contributed by atoms with Gasteiger partial charge in [-0.2, -0.15) is 0 Å². The molecule has 0 radical (unpaired) electrons. The summed E-state index contributed by atoms with van der Waals surface area (Å²) in [6, 6.07) is 0.414. The molecule has 2 aliphatic heterocycles. The molecule has 2 rings (SSSR count). The quantitative estimate of drug-likeness (QED) is 0.709. The Morgan fingerprint density at radius 3 is 2.04 bits per heavy atom. The van der Waals surface area contributed by atoms with E-state index in [0.717, 1.165) is 32.2 Å². The maximum Gasteiger partial charge on any atom is 0.180 e. The first kappa shape index (κ1) is 20.2. The van der Waals surface area contributed by atoms with Crippen LogP contribution < -0.4 is 0 Å². The summed E-state index contributed by atoms with van der Waals surface area (Å²) in [7, 11) is 0. The Balaban J connectivity index is 1.61. The van der Waals surface area contributed by atoms with Gasteiger partial charge >= 0.3 is 0 Å². The lowest BCUT2D eigenvalue weighted by Crippen LogP contribution is -2.51. The predicted molar refractivity (Wildman–Crippen MR) is 98.1 cm³/mol. The summed E-state index contributed by atoms with van der Waals surface area (Å²) in [5.41, 5.74) is 0.750. The minimum absolute atomic E-state index is 0.187. The van der Waals surface area contributed by atoms with Crippen molar-refractivity contribution in [3.8, 4) is 0 Å². The molecular formula is C20H39NO3. The molecule has 2 heterocycles. The van der Waals surface area contributed by atoms with Crippen molar-refractivity contribution in [2.24, 2.45) is 16.7 Å². The van der Waals surface area contributed by atoms with Crippen LogP contribution in [0.1, 0.15) is 60.8 Å². The Labute approximate surface area is 149 Å². The molecule has 2 aliphatic rings. The van der Waals surface area contributed by atoms with Gasteiger partial charge in [-0.15, -0.1) is 0 Å². The molecule has 4 nitrogen and oxygen atoms in total. The highest BCUT2D eigenvalue weighted by Gasteiger charge is 2.33. The van der Waals surface area contributed by atoms with Crippen molar-refractivity contribution in [1.29, 1.82) is 0 Å². The Bertz CT molecular complexity index is 356. The van der Waals surface area contributed by atoms with E-state index in [1.54, 1.807) is 0 Å². The lowest BCUT2D eigenvalue weighted by atomic mass is 9.75. The lowest BCUT2D eigenvalue weighted by Gasteiger charge is -2.43. The fourth-order valence-corrected chi connectivity index (χ4v) is 3.53. The summed E-state index contributed by atoms with van der Waals surface area (Å²) in [5.74, 6) is 0.836. The monoisotopic (exact) mass is 341 g/mol. The molecule has 0 unspecified atom stereocenters. The molecule has 0 aromatic carbocycles. The first-order valence-electron chi connectivity index (χ1n) is 9.70. The van der Waals surface area contributed by atoms with Crippen LogP contribution in [0, 0.1) is 16.7 Å². The average Bonchev–Trinajstić information content (AvgIpc) is 2.51. The number of hydrogen-bond donors (Lipinski definition) is 0. The number of ether oxygens (including phenoxy) is 3. The van der Waals surface area contributed by atoms with Gasteiger partial charge in [0.25, 0.3) is 0 Å². The normalized spacial score (nSPS) is 28.2. The van der Waals surface area contributed by atoms with Crippen LogP contribution in [0.25, 0.3) is 0 Å².